The summed E-state index contributed by atoms with van der Waals surface area (Å²) in [5, 5.41) is 3.19. The Morgan fingerprint density at radius 3 is 0.971 bits per heavy atom. The second-order valence-corrected chi connectivity index (χ2v) is 13.1. The van der Waals surface area contributed by atoms with Gasteiger partial charge in [-0.05, 0) is 19.4 Å². The van der Waals surface area contributed by atoms with Crippen molar-refractivity contribution in [3.8, 4) is 0 Å². The summed E-state index contributed by atoms with van der Waals surface area (Å²) in [7, 11) is 2.77. The van der Waals surface area contributed by atoms with Crippen molar-refractivity contribution in [2.45, 2.75) is 147 Å². The van der Waals surface area contributed by atoms with Crippen molar-refractivity contribution in [3.63, 3.8) is 0 Å². The second kappa shape index (κ2) is 27.6. The van der Waals surface area contributed by atoms with E-state index in [1.54, 1.807) is 21.3 Å². The van der Waals surface area contributed by atoms with Gasteiger partial charge in [0.1, 0.15) is 0 Å². The molecule has 0 aromatic rings. The second-order valence-electron chi connectivity index (χ2n) is 10.0. The van der Waals surface area contributed by atoms with Crippen molar-refractivity contribution in [2.75, 3.05) is 34.5 Å². The molecule has 0 aliphatic rings. The number of rotatable bonds is 29. The molecule has 34 heavy (non-hydrogen) atoms. The van der Waals surface area contributed by atoms with Gasteiger partial charge in [-0.3, -0.25) is 0 Å². The smallest absolute Gasteiger partial charge is 0.377 e. The summed E-state index contributed by atoms with van der Waals surface area (Å²) in [4.78, 5) is 0. The van der Waals surface area contributed by atoms with E-state index in [4.69, 9.17) is 19.0 Å². The lowest BCUT2D eigenvalue weighted by Crippen LogP contribution is -2.42. The van der Waals surface area contributed by atoms with E-state index in [9.17, 15) is 0 Å². The largest absolute Gasteiger partial charge is 0.500 e. The van der Waals surface area contributed by atoms with Crippen LogP contribution in [-0.4, -0.2) is 43.3 Å². The molecule has 0 bridgehead atoms. The van der Waals surface area contributed by atoms with Crippen molar-refractivity contribution in [3.05, 3.63) is 0 Å². The summed E-state index contributed by atoms with van der Waals surface area (Å²) in [6.45, 7) is 1.70. The molecule has 0 unspecified atom stereocenters. The third-order valence-corrected chi connectivity index (χ3v) is 10.00. The Bertz CT molecular complexity index is 376. The van der Waals surface area contributed by atoms with Gasteiger partial charge in [0.15, 0.2) is 0 Å². The van der Waals surface area contributed by atoms with Gasteiger partial charge in [-0.1, -0.05) is 128 Å². The first-order chi connectivity index (χ1) is 16.7. The Balaban J connectivity index is 3.14. The van der Waals surface area contributed by atoms with E-state index in [-0.39, 0.29) is 0 Å². The molecule has 5 nitrogen and oxygen atoms in total. The number of unbranched alkanes of at least 4 members (excludes halogenated alkanes) is 21. The molecule has 0 aliphatic heterocycles. The number of hydrogen-bond acceptors (Lipinski definition) is 5. The molecule has 206 valence electrons. The third-order valence-electron chi connectivity index (χ3n) is 7.16. The van der Waals surface area contributed by atoms with Gasteiger partial charge in [-0.15, -0.1) is 0 Å². The summed E-state index contributed by atoms with van der Waals surface area (Å²) in [6.07, 6.45) is 30.7. The number of nitrogens with two attached hydrogens (primary N) is 1. The van der Waals surface area contributed by atoms with Crippen molar-refractivity contribution >= 4 is 8.80 Å². The Labute approximate surface area is 215 Å². The van der Waals surface area contributed by atoms with Crippen molar-refractivity contribution in [1.82, 2.24) is 5.32 Å². The van der Waals surface area contributed by atoms with Crippen LogP contribution in [0.3, 0.4) is 0 Å². The van der Waals surface area contributed by atoms with Crippen LogP contribution in [0, 0.1) is 0 Å². The van der Waals surface area contributed by atoms with E-state index in [2.05, 4.69) is 5.32 Å². The summed E-state index contributed by atoms with van der Waals surface area (Å²) in [5.41, 5.74) is 5.42. The maximum atomic E-state index is 5.48. The topological polar surface area (TPSA) is 65.7 Å². The van der Waals surface area contributed by atoms with Crippen LogP contribution in [0.25, 0.3) is 0 Å². The molecule has 0 aliphatic carbocycles. The van der Waals surface area contributed by atoms with Crippen LogP contribution >= 0.6 is 0 Å². The summed E-state index contributed by atoms with van der Waals surface area (Å²) in [5.74, 6) is 0. The monoisotopic (exact) mass is 502 g/mol. The number of nitrogens with one attached hydrogen (secondary N) is 1. The predicted octanol–water partition coefficient (Wildman–Crippen LogP) is 7.95. The molecule has 0 heterocycles. The zero-order valence-electron chi connectivity index (χ0n) is 23.5. The Morgan fingerprint density at radius 2 is 0.706 bits per heavy atom. The van der Waals surface area contributed by atoms with Gasteiger partial charge in [-0.2, -0.15) is 0 Å². The van der Waals surface area contributed by atoms with E-state index in [1.807, 2.05) is 0 Å². The van der Waals surface area contributed by atoms with Crippen LogP contribution < -0.4 is 11.1 Å². The first kappa shape index (κ1) is 34.0. The highest BCUT2D eigenvalue weighted by Crippen LogP contribution is 2.19. The summed E-state index contributed by atoms with van der Waals surface area (Å²) in [6, 6.07) is 0.936. The molecule has 0 saturated carbocycles. The first-order valence-corrected chi connectivity index (χ1v) is 16.7. The van der Waals surface area contributed by atoms with E-state index in [1.165, 1.54) is 135 Å². The average molecular weight is 503 g/mol. The Morgan fingerprint density at radius 1 is 0.441 bits per heavy atom. The van der Waals surface area contributed by atoms with Crippen molar-refractivity contribution < 1.29 is 13.3 Å². The van der Waals surface area contributed by atoms with E-state index >= 15 is 0 Å². The molecule has 0 fully saturated rings. The molecule has 6 heteroatoms. The summed E-state index contributed by atoms with van der Waals surface area (Å²) >= 11 is 0. The molecule has 0 saturated heterocycles. The zero-order valence-corrected chi connectivity index (χ0v) is 24.5. The van der Waals surface area contributed by atoms with Gasteiger partial charge in [0.05, 0.1) is 0 Å². The van der Waals surface area contributed by atoms with Gasteiger partial charge in [0.2, 0.25) is 0 Å². The molecule has 0 aromatic heterocycles. The lowest BCUT2D eigenvalue weighted by atomic mass is 10.0. The minimum atomic E-state index is -2.34. The molecule has 0 radical (unpaired) electrons. The zero-order chi connectivity index (χ0) is 25.0. The van der Waals surface area contributed by atoms with E-state index in [0.717, 1.165) is 19.0 Å². The highest BCUT2D eigenvalue weighted by Gasteiger charge is 2.36. The molecule has 0 rings (SSSR count). The number of hydrogen-bond donors (Lipinski definition) is 2. The average Bonchev–Trinajstić information content (AvgIpc) is 2.86. The van der Waals surface area contributed by atoms with Crippen LogP contribution in [0.15, 0.2) is 0 Å². The molecule has 0 amide bonds. The van der Waals surface area contributed by atoms with E-state index < -0.39 is 8.80 Å². The third kappa shape index (κ3) is 22.5. The van der Waals surface area contributed by atoms with Crippen molar-refractivity contribution in [2.24, 2.45) is 5.73 Å². The quantitative estimate of drug-likeness (QED) is 0.0617. The fourth-order valence-electron chi connectivity index (χ4n) is 4.79. The molecule has 3 N–H and O–H groups in total. The Kier molecular flexibility index (Phi) is 27.6. The van der Waals surface area contributed by atoms with Crippen LogP contribution in [0.2, 0.25) is 6.04 Å². The fraction of sp³-hybridized carbons (Fsp3) is 1.00. The summed E-state index contributed by atoms with van der Waals surface area (Å²) < 4.78 is 16.4. The van der Waals surface area contributed by atoms with Gasteiger partial charge in [-0.25, -0.2) is 0 Å². The molecular weight excluding hydrogens is 440 g/mol. The normalized spacial score (nSPS) is 12.0. The van der Waals surface area contributed by atoms with Crippen LogP contribution in [0.5, 0.6) is 0 Å². The minimum absolute atomic E-state index is 0.617. The maximum absolute atomic E-state index is 5.48. The molecule has 0 atom stereocenters. The molecule has 0 aromatic carbocycles. The maximum Gasteiger partial charge on any atom is 0.500 e. The van der Waals surface area contributed by atoms with Crippen LogP contribution in [-0.2, 0) is 13.3 Å². The van der Waals surface area contributed by atoms with Crippen LogP contribution in [0.1, 0.15) is 141 Å². The van der Waals surface area contributed by atoms with Gasteiger partial charge >= 0.3 is 8.80 Å². The van der Waals surface area contributed by atoms with Gasteiger partial charge < -0.3 is 24.3 Å². The first-order valence-electron chi connectivity index (χ1n) is 14.8. The highest BCUT2D eigenvalue weighted by atomic mass is 28.4. The standard InChI is InChI=1S/C28H62N2O3Si/c1-31-34(32-2,33-3)27-25-23-21-19-17-15-13-11-9-7-5-4-6-8-10-12-14-16-18-20-22-24-26-30-28-29/h30H,4-29H2,1-3H3. The lowest BCUT2D eigenvalue weighted by molar-refractivity contribution is 0.122. The predicted molar refractivity (Wildman–Crippen MR) is 150 cm³/mol. The SMILES string of the molecule is CO[Si](CCCCCCCCCCCCCCCCCCCCCCCCNCN)(OC)OC. The van der Waals surface area contributed by atoms with Crippen molar-refractivity contribution in [1.29, 1.82) is 0 Å². The molecular formula is C28H62N2O3Si. The molecule has 0 spiro atoms. The van der Waals surface area contributed by atoms with Crippen LogP contribution in [0.4, 0.5) is 0 Å². The minimum Gasteiger partial charge on any atom is -0.377 e. The highest BCUT2D eigenvalue weighted by molar-refractivity contribution is 6.60. The van der Waals surface area contributed by atoms with Gasteiger partial charge in [0.25, 0.3) is 0 Å². The van der Waals surface area contributed by atoms with Gasteiger partial charge in [0, 0.05) is 34.0 Å². The Hall–Kier alpha value is 0.0169. The van der Waals surface area contributed by atoms with E-state index in [0.29, 0.717) is 6.67 Å². The fourth-order valence-corrected chi connectivity index (χ4v) is 6.58. The lowest BCUT2D eigenvalue weighted by Gasteiger charge is -2.24.